The second-order valence-corrected chi connectivity index (χ2v) is 12.2. The van der Waals surface area contributed by atoms with Crippen molar-refractivity contribution < 1.29 is 14.3 Å². The number of carbonyl (C=O) groups excluding carboxylic acids is 2. The van der Waals surface area contributed by atoms with Crippen LogP contribution in [-0.4, -0.2) is 45.1 Å². The second kappa shape index (κ2) is 10.5. The summed E-state index contributed by atoms with van der Waals surface area (Å²) < 4.78 is 9.85. The normalized spacial score (nSPS) is 15.9. The number of benzene rings is 2. The number of carbonyl (C=O) groups is 2. The van der Waals surface area contributed by atoms with E-state index in [0.717, 1.165) is 41.5 Å². The van der Waals surface area contributed by atoms with Gasteiger partial charge in [0.15, 0.2) is 0 Å². The molecule has 0 N–H and O–H groups in total. The SMILES string of the molecule is COC(=O)c1ccc2c(C3CCCCC3)c3n(c2c1)CCCn1cc(C(=O)N(C(C)C)C(C)C)c2cccc-3c21. The minimum atomic E-state index is -0.304. The molecule has 6 nitrogen and oxygen atoms in total. The molecule has 210 valence electrons. The minimum Gasteiger partial charge on any atom is -0.465 e. The average Bonchev–Trinajstić information content (AvgIpc) is 3.47. The molecule has 6 heteroatoms. The monoisotopic (exact) mass is 539 g/mol. The standard InChI is InChI=1S/C34H41N3O3/c1-21(2)37(22(3)4)33(38)28-20-35-17-10-18-36-29-19-24(34(39)40-5)15-16-26(29)30(23-11-7-6-8-12-23)32(36)27-14-9-13-25(28)31(27)35/h9,13-16,19-23H,6-8,10-12,17-18H2,1-5H3. The quantitative estimate of drug-likeness (QED) is 0.244. The molecule has 1 fully saturated rings. The van der Waals surface area contributed by atoms with Gasteiger partial charge in [0.2, 0.25) is 0 Å². The van der Waals surface area contributed by atoms with E-state index in [1.165, 1.54) is 61.4 Å². The fourth-order valence-electron chi connectivity index (χ4n) is 7.45. The summed E-state index contributed by atoms with van der Waals surface area (Å²) in [5, 5.41) is 2.27. The summed E-state index contributed by atoms with van der Waals surface area (Å²) in [6.07, 6.45) is 9.19. The summed E-state index contributed by atoms with van der Waals surface area (Å²) in [6, 6.07) is 12.8. The number of rotatable bonds is 5. The number of para-hydroxylation sites is 1. The number of nitrogens with zero attached hydrogens (tertiary/aromatic N) is 3. The smallest absolute Gasteiger partial charge is 0.337 e. The summed E-state index contributed by atoms with van der Waals surface area (Å²) in [5.41, 5.74) is 7.49. The molecule has 1 amide bonds. The molecule has 0 saturated heterocycles. The highest BCUT2D eigenvalue weighted by Gasteiger charge is 2.31. The summed E-state index contributed by atoms with van der Waals surface area (Å²) in [4.78, 5) is 28.5. The van der Waals surface area contributed by atoms with Gasteiger partial charge in [-0.2, -0.15) is 0 Å². The van der Waals surface area contributed by atoms with Crippen LogP contribution in [-0.2, 0) is 17.8 Å². The van der Waals surface area contributed by atoms with Crippen LogP contribution in [0.3, 0.4) is 0 Å². The summed E-state index contributed by atoms with van der Waals surface area (Å²) in [7, 11) is 1.44. The maximum atomic E-state index is 14.0. The van der Waals surface area contributed by atoms with Gasteiger partial charge in [-0.15, -0.1) is 0 Å². The Morgan fingerprint density at radius 1 is 0.925 bits per heavy atom. The number of amides is 1. The Hall–Kier alpha value is -3.54. The third-order valence-corrected chi connectivity index (χ3v) is 9.05. The highest BCUT2D eigenvalue weighted by atomic mass is 16.5. The van der Waals surface area contributed by atoms with E-state index in [2.05, 4.69) is 67.3 Å². The second-order valence-electron chi connectivity index (χ2n) is 12.2. The fraction of sp³-hybridized carbons (Fsp3) is 0.471. The molecule has 2 aliphatic rings. The zero-order chi connectivity index (χ0) is 28.1. The molecule has 4 aromatic rings. The van der Waals surface area contributed by atoms with E-state index in [4.69, 9.17) is 4.74 Å². The van der Waals surface area contributed by atoms with Crippen molar-refractivity contribution in [3.63, 3.8) is 0 Å². The predicted octanol–water partition coefficient (Wildman–Crippen LogP) is 7.76. The highest BCUT2D eigenvalue weighted by Crippen LogP contribution is 2.47. The lowest BCUT2D eigenvalue weighted by Gasteiger charge is -2.30. The van der Waals surface area contributed by atoms with Crippen molar-refractivity contribution in [2.75, 3.05) is 7.11 Å². The van der Waals surface area contributed by atoms with Gasteiger partial charge in [0, 0.05) is 53.2 Å². The van der Waals surface area contributed by atoms with Crippen LogP contribution >= 0.6 is 0 Å². The lowest BCUT2D eigenvalue weighted by Crippen LogP contribution is -2.42. The zero-order valence-corrected chi connectivity index (χ0v) is 24.5. The Kier molecular flexibility index (Phi) is 6.97. The van der Waals surface area contributed by atoms with Crippen LogP contribution in [0.15, 0.2) is 42.6 Å². The van der Waals surface area contributed by atoms with Crippen molar-refractivity contribution in [3.8, 4) is 11.3 Å². The van der Waals surface area contributed by atoms with Crippen LogP contribution in [0.1, 0.15) is 98.4 Å². The van der Waals surface area contributed by atoms with E-state index in [1.54, 1.807) is 0 Å². The molecule has 0 spiro atoms. The molecule has 1 aliphatic carbocycles. The fourth-order valence-corrected chi connectivity index (χ4v) is 7.45. The number of esters is 1. The van der Waals surface area contributed by atoms with Crippen molar-refractivity contribution in [3.05, 3.63) is 59.3 Å². The van der Waals surface area contributed by atoms with Gasteiger partial charge >= 0.3 is 5.97 Å². The van der Waals surface area contributed by atoms with Crippen molar-refractivity contribution in [2.24, 2.45) is 0 Å². The number of methoxy groups -OCH3 is 1. The molecule has 2 aromatic carbocycles. The number of hydrogen-bond donors (Lipinski definition) is 0. The van der Waals surface area contributed by atoms with Gasteiger partial charge in [-0.3, -0.25) is 4.79 Å². The number of fused-ring (bicyclic) bond motifs is 4. The molecule has 0 atom stereocenters. The van der Waals surface area contributed by atoms with E-state index in [1.807, 2.05) is 17.0 Å². The lowest BCUT2D eigenvalue weighted by molar-refractivity contribution is 0.0599. The van der Waals surface area contributed by atoms with E-state index < -0.39 is 0 Å². The van der Waals surface area contributed by atoms with Crippen LogP contribution in [0, 0.1) is 0 Å². The number of aromatic nitrogens is 2. The van der Waals surface area contributed by atoms with Gasteiger partial charge in [0.05, 0.1) is 29.4 Å². The van der Waals surface area contributed by atoms with Crippen LogP contribution in [0.4, 0.5) is 0 Å². The van der Waals surface area contributed by atoms with Gasteiger partial charge in [-0.25, -0.2) is 4.79 Å². The molecule has 3 heterocycles. The van der Waals surface area contributed by atoms with Gasteiger partial charge in [0.1, 0.15) is 0 Å². The number of hydrogen-bond acceptors (Lipinski definition) is 3. The zero-order valence-electron chi connectivity index (χ0n) is 24.5. The van der Waals surface area contributed by atoms with Gasteiger partial charge < -0.3 is 18.8 Å². The Morgan fingerprint density at radius 3 is 2.38 bits per heavy atom. The van der Waals surface area contributed by atoms with Gasteiger partial charge in [0.25, 0.3) is 5.91 Å². The molecular formula is C34H41N3O3. The third-order valence-electron chi connectivity index (χ3n) is 9.05. The molecule has 0 unspecified atom stereocenters. The van der Waals surface area contributed by atoms with Crippen LogP contribution in [0.2, 0.25) is 0 Å². The maximum absolute atomic E-state index is 14.0. The van der Waals surface area contributed by atoms with Crippen molar-refractivity contribution in [1.82, 2.24) is 14.0 Å². The topological polar surface area (TPSA) is 56.5 Å². The van der Waals surface area contributed by atoms with E-state index in [0.29, 0.717) is 11.5 Å². The Bertz CT molecular complexity index is 1590. The van der Waals surface area contributed by atoms with Crippen LogP contribution < -0.4 is 0 Å². The first kappa shape index (κ1) is 26.7. The molecule has 40 heavy (non-hydrogen) atoms. The number of ether oxygens (including phenoxy) is 1. The van der Waals surface area contributed by atoms with E-state index >= 15 is 0 Å². The van der Waals surface area contributed by atoms with E-state index in [-0.39, 0.29) is 24.0 Å². The first-order valence-electron chi connectivity index (χ1n) is 15.0. The summed E-state index contributed by atoms with van der Waals surface area (Å²) >= 11 is 0. The van der Waals surface area contributed by atoms with Crippen LogP contribution in [0.25, 0.3) is 33.1 Å². The van der Waals surface area contributed by atoms with Gasteiger partial charge in [-0.1, -0.05) is 43.5 Å². The Labute approximate surface area is 236 Å². The largest absolute Gasteiger partial charge is 0.465 e. The van der Waals surface area contributed by atoms with Crippen molar-refractivity contribution in [1.29, 1.82) is 0 Å². The lowest BCUT2D eigenvalue weighted by atomic mass is 9.81. The Balaban J connectivity index is 1.64. The molecule has 1 saturated carbocycles. The van der Waals surface area contributed by atoms with Gasteiger partial charge in [-0.05, 0) is 70.6 Å². The molecule has 0 radical (unpaired) electrons. The highest BCUT2D eigenvalue weighted by molar-refractivity contribution is 6.11. The molecule has 1 aliphatic heterocycles. The molecule has 0 bridgehead atoms. The third kappa shape index (κ3) is 4.23. The van der Waals surface area contributed by atoms with Crippen LogP contribution in [0.5, 0.6) is 0 Å². The minimum absolute atomic E-state index is 0.0981. The van der Waals surface area contributed by atoms with E-state index in [9.17, 15) is 9.59 Å². The van der Waals surface area contributed by atoms with Crippen molar-refractivity contribution >= 4 is 33.7 Å². The maximum Gasteiger partial charge on any atom is 0.337 e. The molecule has 2 aromatic heterocycles. The predicted molar refractivity (Wildman–Crippen MR) is 161 cm³/mol. The Morgan fingerprint density at radius 2 is 1.68 bits per heavy atom. The average molecular weight is 540 g/mol. The summed E-state index contributed by atoms with van der Waals surface area (Å²) in [6.45, 7) is 10.0. The summed E-state index contributed by atoms with van der Waals surface area (Å²) in [5.74, 6) is 0.274. The number of aryl methyl sites for hydroxylation is 2. The first-order valence-corrected chi connectivity index (χ1v) is 15.0. The van der Waals surface area contributed by atoms with Crippen molar-refractivity contribution in [2.45, 2.75) is 97.3 Å². The first-order chi connectivity index (χ1) is 19.3. The molecule has 6 rings (SSSR count). The molecular weight excluding hydrogens is 498 g/mol.